The van der Waals surface area contributed by atoms with Crippen molar-refractivity contribution in [3.05, 3.63) is 29.3 Å². The fourth-order valence-corrected chi connectivity index (χ4v) is 5.93. The molecule has 2 aliphatic heterocycles. The number of hydrogen-bond acceptors (Lipinski definition) is 7. The molecule has 6 N–H and O–H groups in total. The van der Waals surface area contributed by atoms with Gasteiger partial charge in [0.15, 0.2) is 0 Å². The Morgan fingerprint density at radius 2 is 2.06 bits per heavy atom. The zero-order valence-corrected chi connectivity index (χ0v) is 22.0. The van der Waals surface area contributed by atoms with Crippen molar-refractivity contribution in [3.63, 3.8) is 0 Å². The summed E-state index contributed by atoms with van der Waals surface area (Å²) in [6, 6.07) is 3.25. The lowest BCUT2D eigenvalue weighted by molar-refractivity contribution is -0.122. The molecule has 2 amide bonds. The van der Waals surface area contributed by atoms with Crippen molar-refractivity contribution in [1.82, 2.24) is 21.1 Å². The zero-order valence-electron chi connectivity index (χ0n) is 20.3. The molecule has 3 atom stereocenters. The van der Waals surface area contributed by atoms with Crippen molar-refractivity contribution in [3.8, 4) is 0 Å². The van der Waals surface area contributed by atoms with Crippen molar-refractivity contribution in [1.29, 1.82) is 0 Å². The summed E-state index contributed by atoms with van der Waals surface area (Å²) >= 11 is 1.78. The Labute approximate surface area is 213 Å². The van der Waals surface area contributed by atoms with E-state index in [-0.39, 0.29) is 37.1 Å². The van der Waals surface area contributed by atoms with Crippen LogP contribution in [0.15, 0.2) is 18.2 Å². The number of fused-ring (bicyclic) bond motifs is 1. The molecule has 0 saturated carbocycles. The average molecular weight is 550 g/mol. The minimum atomic E-state index is -5.82. The number of hydrogen-bond donors (Lipinski definition) is 6. The lowest BCUT2D eigenvalue weighted by Gasteiger charge is -2.30. The molecular formula is C22H34F2N5O5PS. The molecule has 3 unspecified atom stereocenters. The number of thioether (sulfide) groups is 1. The molecule has 0 aromatic heterocycles. The molecule has 2 saturated heterocycles. The van der Waals surface area contributed by atoms with Crippen LogP contribution in [0.2, 0.25) is 0 Å². The van der Waals surface area contributed by atoms with Crippen LogP contribution in [0.1, 0.15) is 50.7 Å². The Morgan fingerprint density at radius 3 is 2.72 bits per heavy atom. The van der Waals surface area contributed by atoms with Crippen molar-refractivity contribution < 1.29 is 32.7 Å². The van der Waals surface area contributed by atoms with E-state index in [1.165, 1.54) is 12.1 Å². The van der Waals surface area contributed by atoms with E-state index in [1.54, 1.807) is 11.8 Å². The predicted molar refractivity (Wildman–Crippen MR) is 134 cm³/mol. The number of carbonyl (C=O) groups excluding carboxylic acids is 2. The maximum atomic E-state index is 14.3. The fraction of sp³-hybridized carbons (Fsp3) is 0.636. The van der Waals surface area contributed by atoms with Crippen molar-refractivity contribution in [2.45, 2.75) is 70.0 Å². The lowest BCUT2D eigenvalue weighted by atomic mass is 10.0. The summed E-state index contributed by atoms with van der Waals surface area (Å²) in [6.07, 6.45) is 3.67. The van der Waals surface area contributed by atoms with Crippen LogP contribution in [-0.2, 0) is 26.2 Å². The third-order valence-corrected chi connectivity index (χ3v) is 8.27. The number of halogens is 2. The average Bonchev–Trinajstić information content (AvgIpc) is 3.09. The van der Waals surface area contributed by atoms with E-state index in [2.05, 4.69) is 33.3 Å². The van der Waals surface area contributed by atoms with Gasteiger partial charge in [-0.15, -0.1) is 0 Å². The summed E-state index contributed by atoms with van der Waals surface area (Å²) in [6.45, 7) is 4.16. The first kappa shape index (κ1) is 29.0. The summed E-state index contributed by atoms with van der Waals surface area (Å²) in [7, 11) is -5.82. The van der Waals surface area contributed by atoms with Gasteiger partial charge in [0.1, 0.15) is 0 Å². The summed E-state index contributed by atoms with van der Waals surface area (Å²) in [5, 5.41) is 5.29. The SMILES string of the molecule is CCCCC1NNC2C(NC(=O)CCc3ccc(C(F)(F)P(=O)(O)O)c(NC(C)=O)c3)CSCCN12. The van der Waals surface area contributed by atoms with Crippen molar-refractivity contribution in [2.24, 2.45) is 0 Å². The highest BCUT2D eigenvalue weighted by molar-refractivity contribution is 7.99. The maximum Gasteiger partial charge on any atom is 0.399 e. The topological polar surface area (TPSA) is 143 Å². The minimum absolute atomic E-state index is 0.0358. The van der Waals surface area contributed by atoms with Gasteiger partial charge in [-0.1, -0.05) is 25.8 Å². The number of benzene rings is 1. The highest BCUT2D eigenvalue weighted by Crippen LogP contribution is 2.60. The second-order valence-electron chi connectivity index (χ2n) is 9.02. The Kier molecular flexibility index (Phi) is 9.89. The quantitative estimate of drug-likeness (QED) is 0.242. The Morgan fingerprint density at radius 1 is 1.31 bits per heavy atom. The molecule has 0 radical (unpaired) electrons. The van der Waals surface area contributed by atoms with Gasteiger partial charge in [0.2, 0.25) is 11.8 Å². The number of hydrazine groups is 1. The van der Waals surface area contributed by atoms with Crippen LogP contribution in [-0.4, -0.2) is 62.9 Å². The molecule has 0 aliphatic carbocycles. The second-order valence-corrected chi connectivity index (χ2v) is 11.8. The molecule has 3 rings (SSSR count). The third kappa shape index (κ3) is 7.03. The van der Waals surface area contributed by atoms with Gasteiger partial charge >= 0.3 is 13.3 Å². The first-order valence-corrected chi connectivity index (χ1v) is 14.7. The number of nitrogens with zero attached hydrogens (tertiary/aromatic N) is 1. The number of unbranched alkanes of at least 4 members (excludes halogenated alkanes) is 1. The minimum Gasteiger partial charge on any atom is -0.350 e. The van der Waals surface area contributed by atoms with E-state index < -0.39 is 30.4 Å². The highest BCUT2D eigenvalue weighted by atomic mass is 32.2. The van der Waals surface area contributed by atoms with E-state index >= 15 is 0 Å². The molecule has 202 valence electrons. The standard InChI is InChI=1S/C22H34F2N5O5PS/c1-3-4-5-19-27-28-21-18(13-36-11-10-29(19)21)26-20(31)9-7-15-6-8-16(17(12-15)25-14(2)30)22(23,24)35(32,33)34/h6,8,12,18-19,21,27-28H,3-5,7,9-11,13H2,1-2H3,(H,25,30)(H,26,31)(H2,32,33,34). The van der Waals surface area contributed by atoms with Gasteiger partial charge in [0.05, 0.1) is 29.6 Å². The largest absolute Gasteiger partial charge is 0.399 e. The molecule has 1 aromatic carbocycles. The van der Waals surface area contributed by atoms with Crippen LogP contribution < -0.4 is 21.5 Å². The lowest BCUT2D eigenvalue weighted by Crippen LogP contribution is -2.55. The van der Waals surface area contributed by atoms with Crippen LogP contribution in [0.4, 0.5) is 14.5 Å². The van der Waals surface area contributed by atoms with Gasteiger partial charge in [-0.25, -0.2) is 10.9 Å². The van der Waals surface area contributed by atoms with Gasteiger partial charge in [0.25, 0.3) is 0 Å². The van der Waals surface area contributed by atoms with E-state index in [9.17, 15) is 22.9 Å². The van der Waals surface area contributed by atoms with E-state index in [1.807, 2.05) is 0 Å². The Balaban J connectivity index is 1.66. The summed E-state index contributed by atoms with van der Waals surface area (Å²) < 4.78 is 40.0. The molecule has 0 spiro atoms. The number of alkyl halides is 2. The van der Waals surface area contributed by atoms with Gasteiger partial charge in [0, 0.05) is 31.4 Å². The molecule has 36 heavy (non-hydrogen) atoms. The van der Waals surface area contributed by atoms with Gasteiger partial charge in [-0.3, -0.25) is 19.1 Å². The molecule has 1 aromatic rings. The second kappa shape index (κ2) is 12.3. The number of nitrogens with one attached hydrogen (secondary N) is 4. The summed E-state index contributed by atoms with van der Waals surface area (Å²) in [5.74, 6) is 0.845. The molecule has 0 bridgehead atoms. The van der Waals surface area contributed by atoms with Gasteiger partial charge in [-0.05, 0) is 30.5 Å². The molecule has 2 fully saturated rings. The smallest absolute Gasteiger partial charge is 0.350 e. The number of carbonyl (C=O) groups is 2. The summed E-state index contributed by atoms with van der Waals surface area (Å²) in [4.78, 5) is 44.8. The summed E-state index contributed by atoms with van der Waals surface area (Å²) in [5.41, 5.74) is 1.27. The van der Waals surface area contributed by atoms with Crippen LogP contribution in [0.5, 0.6) is 0 Å². The molecular weight excluding hydrogens is 515 g/mol. The van der Waals surface area contributed by atoms with E-state index in [0.29, 0.717) is 5.56 Å². The van der Waals surface area contributed by atoms with E-state index in [4.69, 9.17) is 9.79 Å². The van der Waals surface area contributed by atoms with Gasteiger partial charge < -0.3 is 20.4 Å². The van der Waals surface area contributed by atoms with Crippen LogP contribution in [0, 0.1) is 0 Å². The van der Waals surface area contributed by atoms with Crippen molar-refractivity contribution in [2.75, 3.05) is 23.4 Å². The maximum absolute atomic E-state index is 14.3. The number of aryl methyl sites for hydroxylation is 1. The Bertz CT molecular complexity index is 998. The van der Waals surface area contributed by atoms with Crippen LogP contribution in [0.25, 0.3) is 0 Å². The normalized spacial score (nSPS) is 23.1. The van der Waals surface area contributed by atoms with Gasteiger partial charge in [-0.2, -0.15) is 20.5 Å². The molecule has 2 aliphatic rings. The first-order chi connectivity index (χ1) is 16.9. The zero-order chi connectivity index (χ0) is 26.5. The van der Waals surface area contributed by atoms with Crippen LogP contribution in [0.3, 0.4) is 0 Å². The van der Waals surface area contributed by atoms with Crippen LogP contribution >= 0.6 is 19.4 Å². The molecule has 10 nitrogen and oxygen atoms in total. The molecule has 14 heteroatoms. The third-order valence-electron chi connectivity index (χ3n) is 6.23. The predicted octanol–water partition coefficient (Wildman–Crippen LogP) is 2.29. The fourth-order valence-electron chi connectivity index (χ4n) is 4.39. The highest BCUT2D eigenvalue weighted by Gasteiger charge is 2.51. The van der Waals surface area contributed by atoms with Crippen molar-refractivity contribution >= 4 is 36.9 Å². The number of rotatable bonds is 10. The number of amides is 2. The Hall–Kier alpha value is -1.60. The number of anilines is 1. The monoisotopic (exact) mass is 549 g/mol. The first-order valence-electron chi connectivity index (χ1n) is 11.9. The molecule has 2 heterocycles. The van der Waals surface area contributed by atoms with E-state index in [0.717, 1.165) is 50.3 Å².